The van der Waals surface area contributed by atoms with E-state index in [2.05, 4.69) is 5.32 Å². The van der Waals surface area contributed by atoms with Gasteiger partial charge in [0, 0.05) is 6.54 Å². The summed E-state index contributed by atoms with van der Waals surface area (Å²) in [5.74, 6) is 0. The number of rotatable bonds is 2. The Hall–Kier alpha value is -0.240. The molecule has 0 radical (unpaired) electrons. The Balaban J connectivity index is 2.77. The van der Waals surface area contributed by atoms with Crippen molar-refractivity contribution in [3.05, 3.63) is 0 Å². The summed E-state index contributed by atoms with van der Waals surface area (Å²) in [4.78, 5) is 0. The van der Waals surface area contributed by atoms with E-state index in [4.69, 9.17) is 15.3 Å². The van der Waals surface area contributed by atoms with Gasteiger partial charge < -0.3 is 30.8 Å². The molecule has 0 aliphatic carbocycles. The first kappa shape index (κ1) is 10.8. The summed E-state index contributed by atoms with van der Waals surface area (Å²) < 4.78 is 0. The van der Waals surface area contributed by atoms with Crippen LogP contribution in [0.1, 0.15) is 0 Å². The van der Waals surface area contributed by atoms with Crippen molar-refractivity contribution in [1.29, 1.82) is 0 Å². The van der Waals surface area contributed by atoms with Crippen molar-refractivity contribution < 1.29 is 25.5 Å². The minimum atomic E-state index is -1.38. The van der Waals surface area contributed by atoms with Crippen LogP contribution in [0.2, 0.25) is 0 Å². The average molecular weight is 193 g/mol. The minimum Gasteiger partial charge on any atom is -0.394 e. The fourth-order valence-corrected chi connectivity index (χ4v) is 1.42. The highest BCUT2D eigenvalue weighted by molar-refractivity contribution is 5.03. The Morgan fingerprint density at radius 2 is 1.69 bits per heavy atom. The summed E-state index contributed by atoms with van der Waals surface area (Å²) in [7, 11) is 0. The summed E-state index contributed by atoms with van der Waals surface area (Å²) >= 11 is 0. The predicted molar refractivity (Wildman–Crippen MR) is 42.9 cm³/mol. The molecule has 13 heavy (non-hydrogen) atoms. The lowest BCUT2D eigenvalue weighted by molar-refractivity contribution is -0.143. The van der Waals surface area contributed by atoms with Crippen LogP contribution in [0.3, 0.4) is 0 Å². The molecule has 3 unspecified atom stereocenters. The Bertz CT molecular complexity index is 172. The molecule has 1 aliphatic rings. The third kappa shape index (κ3) is 1.69. The monoisotopic (exact) mass is 193 g/mol. The summed E-state index contributed by atoms with van der Waals surface area (Å²) in [5.41, 5.74) is -1.32. The maximum absolute atomic E-state index is 9.47. The second-order valence-corrected chi connectivity index (χ2v) is 3.36. The van der Waals surface area contributed by atoms with Gasteiger partial charge in [0.1, 0.15) is 12.2 Å². The molecule has 78 valence electrons. The average Bonchev–Trinajstić information content (AvgIpc) is 2.16. The third-order valence-electron chi connectivity index (χ3n) is 2.51. The molecule has 6 nitrogen and oxygen atoms in total. The van der Waals surface area contributed by atoms with Crippen LogP contribution in [0.15, 0.2) is 0 Å². The lowest BCUT2D eigenvalue weighted by Gasteiger charge is -2.44. The minimum absolute atomic E-state index is 0.0271. The molecule has 0 bridgehead atoms. The van der Waals surface area contributed by atoms with E-state index < -0.39 is 37.1 Å². The zero-order valence-electron chi connectivity index (χ0n) is 7.09. The maximum atomic E-state index is 9.47. The molecule has 1 rings (SSSR count). The molecule has 1 fully saturated rings. The molecule has 0 aromatic heterocycles. The Kier molecular flexibility index (Phi) is 3.23. The summed E-state index contributed by atoms with van der Waals surface area (Å²) in [6.07, 6.45) is -3.81. The van der Waals surface area contributed by atoms with Crippen LogP contribution in [-0.4, -0.2) is 69.1 Å². The van der Waals surface area contributed by atoms with E-state index in [1.807, 2.05) is 0 Å². The van der Waals surface area contributed by atoms with Crippen molar-refractivity contribution in [2.45, 2.75) is 23.9 Å². The highest BCUT2D eigenvalue weighted by Crippen LogP contribution is 2.19. The number of hydrogen-bond donors (Lipinski definition) is 6. The van der Waals surface area contributed by atoms with Crippen LogP contribution in [0.4, 0.5) is 0 Å². The molecule has 0 aromatic carbocycles. The van der Waals surface area contributed by atoms with Crippen LogP contribution in [0.5, 0.6) is 0 Å². The number of hydrogen-bond acceptors (Lipinski definition) is 6. The number of nitrogens with one attached hydrogen (secondary N) is 1. The largest absolute Gasteiger partial charge is 0.394 e. The van der Waals surface area contributed by atoms with Gasteiger partial charge in [-0.1, -0.05) is 0 Å². The molecular formula is C7H15NO5. The second-order valence-electron chi connectivity index (χ2n) is 3.36. The Morgan fingerprint density at radius 3 is 2.15 bits per heavy atom. The van der Waals surface area contributed by atoms with Gasteiger partial charge in [-0.05, 0) is 0 Å². The lowest BCUT2D eigenvalue weighted by atomic mass is 9.84. The number of aliphatic hydroxyl groups excluding tert-OH is 5. The van der Waals surface area contributed by atoms with Gasteiger partial charge in [0.15, 0.2) is 0 Å². The van der Waals surface area contributed by atoms with Crippen molar-refractivity contribution in [3.63, 3.8) is 0 Å². The molecule has 0 amide bonds. The SMILES string of the molecule is OCC1(CO)NCC(O)C(O)C1O. The first-order chi connectivity index (χ1) is 6.07. The molecule has 3 atom stereocenters. The van der Waals surface area contributed by atoms with Gasteiger partial charge in [0.25, 0.3) is 0 Å². The van der Waals surface area contributed by atoms with E-state index in [0.717, 1.165) is 0 Å². The first-order valence-corrected chi connectivity index (χ1v) is 4.08. The van der Waals surface area contributed by atoms with Gasteiger partial charge in [-0.25, -0.2) is 0 Å². The van der Waals surface area contributed by atoms with E-state index in [-0.39, 0.29) is 6.54 Å². The first-order valence-electron chi connectivity index (χ1n) is 4.08. The highest BCUT2D eigenvalue weighted by atomic mass is 16.4. The fraction of sp³-hybridized carbons (Fsp3) is 1.00. The number of aliphatic hydroxyl groups is 5. The molecule has 1 saturated heterocycles. The molecule has 0 aromatic rings. The smallest absolute Gasteiger partial charge is 0.109 e. The van der Waals surface area contributed by atoms with Crippen LogP contribution < -0.4 is 5.32 Å². The second kappa shape index (κ2) is 3.87. The van der Waals surface area contributed by atoms with Gasteiger partial charge in [0.05, 0.1) is 24.9 Å². The molecule has 6 N–H and O–H groups in total. The molecule has 0 saturated carbocycles. The van der Waals surface area contributed by atoms with E-state index >= 15 is 0 Å². The zero-order chi connectivity index (χ0) is 10.1. The summed E-state index contributed by atoms with van der Waals surface area (Å²) in [6.45, 7) is -0.984. The van der Waals surface area contributed by atoms with E-state index in [0.29, 0.717) is 0 Å². The standard InChI is InChI=1S/C7H15NO5/c9-2-7(3-10)6(13)5(12)4(11)1-8-7/h4-6,8-13H,1-3H2. The molecule has 0 spiro atoms. The number of β-amino-alcohol motifs (C(OH)–C–C–N with tert-alkyl or cyclic N) is 1. The molecule has 6 heteroatoms. The predicted octanol–water partition coefficient (Wildman–Crippen LogP) is -3.60. The van der Waals surface area contributed by atoms with Gasteiger partial charge in [-0.2, -0.15) is 0 Å². The molecule has 1 aliphatic heterocycles. The molecular weight excluding hydrogens is 178 g/mol. The van der Waals surface area contributed by atoms with Gasteiger partial charge >= 0.3 is 0 Å². The van der Waals surface area contributed by atoms with Gasteiger partial charge in [-0.3, -0.25) is 0 Å². The summed E-state index contributed by atoms with van der Waals surface area (Å²) in [5, 5.41) is 48.4. The normalized spacial score (nSPS) is 39.0. The lowest BCUT2D eigenvalue weighted by Crippen LogP contribution is -2.71. The maximum Gasteiger partial charge on any atom is 0.109 e. The van der Waals surface area contributed by atoms with Gasteiger partial charge in [-0.15, -0.1) is 0 Å². The highest BCUT2D eigenvalue weighted by Gasteiger charge is 2.47. The van der Waals surface area contributed by atoms with Crippen molar-refractivity contribution in [2.75, 3.05) is 19.8 Å². The van der Waals surface area contributed by atoms with E-state index in [1.54, 1.807) is 0 Å². The van der Waals surface area contributed by atoms with Crippen molar-refractivity contribution in [1.82, 2.24) is 5.32 Å². The zero-order valence-corrected chi connectivity index (χ0v) is 7.09. The van der Waals surface area contributed by atoms with Crippen LogP contribution >= 0.6 is 0 Å². The van der Waals surface area contributed by atoms with E-state index in [9.17, 15) is 10.2 Å². The fourth-order valence-electron chi connectivity index (χ4n) is 1.42. The van der Waals surface area contributed by atoms with Crippen LogP contribution in [-0.2, 0) is 0 Å². The van der Waals surface area contributed by atoms with Crippen LogP contribution in [0, 0.1) is 0 Å². The quantitative estimate of drug-likeness (QED) is 0.270. The summed E-state index contributed by atoms with van der Waals surface area (Å²) in [6, 6.07) is 0. The number of piperidine rings is 1. The van der Waals surface area contributed by atoms with E-state index in [1.165, 1.54) is 0 Å². The Morgan fingerprint density at radius 1 is 1.15 bits per heavy atom. The Labute approximate surface area is 75.4 Å². The van der Waals surface area contributed by atoms with Crippen molar-refractivity contribution in [3.8, 4) is 0 Å². The van der Waals surface area contributed by atoms with Crippen molar-refractivity contribution in [2.24, 2.45) is 0 Å². The topological polar surface area (TPSA) is 113 Å². The van der Waals surface area contributed by atoms with Crippen LogP contribution in [0.25, 0.3) is 0 Å². The molecule has 1 heterocycles. The van der Waals surface area contributed by atoms with Gasteiger partial charge in [0.2, 0.25) is 0 Å². The van der Waals surface area contributed by atoms with Crippen molar-refractivity contribution >= 4 is 0 Å². The third-order valence-corrected chi connectivity index (χ3v) is 2.51.